The van der Waals surface area contributed by atoms with Crippen LogP contribution in [0.25, 0.3) is 5.82 Å². The molecule has 3 aromatic rings. The van der Waals surface area contributed by atoms with Crippen LogP contribution in [0.5, 0.6) is 0 Å². The molecule has 3 aromatic heterocycles. The second-order valence-electron chi connectivity index (χ2n) is 5.22. The van der Waals surface area contributed by atoms with E-state index in [1.165, 1.54) is 12.3 Å². The van der Waals surface area contributed by atoms with Crippen LogP contribution in [0.1, 0.15) is 16.1 Å². The quantitative estimate of drug-likeness (QED) is 0.657. The Morgan fingerprint density at radius 2 is 2.08 bits per heavy atom. The Bertz CT molecular complexity index is 863. The molecule has 3 rings (SSSR count). The standard InChI is InChI=1S/C16H16FN7O/c1-11-5-9-24(23-11)15-3-2-14(21-22-15)19-7-8-20-16(25)12-4-6-18-10-13(12)17/h2-6,9-10H,7-8H2,1H3,(H,19,21)(H,20,25). The summed E-state index contributed by atoms with van der Waals surface area (Å²) < 4.78 is 15.1. The number of hydrogen-bond donors (Lipinski definition) is 2. The number of rotatable bonds is 6. The zero-order valence-electron chi connectivity index (χ0n) is 13.5. The van der Waals surface area contributed by atoms with Crippen LogP contribution in [0, 0.1) is 12.7 Å². The molecule has 2 N–H and O–H groups in total. The third kappa shape index (κ3) is 4.14. The van der Waals surface area contributed by atoms with Crippen LogP contribution in [0.15, 0.2) is 42.9 Å². The van der Waals surface area contributed by atoms with Gasteiger partial charge in [-0.05, 0) is 31.2 Å². The lowest BCUT2D eigenvalue weighted by atomic mass is 10.2. The number of aromatic nitrogens is 5. The van der Waals surface area contributed by atoms with Gasteiger partial charge in [0.15, 0.2) is 11.6 Å². The van der Waals surface area contributed by atoms with Gasteiger partial charge in [-0.1, -0.05) is 0 Å². The van der Waals surface area contributed by atoms with Crippen LogP contribution in [-0.2, 0) is 0 Å². The van der Waals surface area contributed by atoms with E-state index in [2.05, 4.69) is 30.9 Å². The van der Waals surface area contributed by atoms with Gasteiger partial charge < -0.3 is 10.6 Å². The zero-order chi connectivity index (χ0) is 17.6. The Morgan fingerprint density at radius 1 is 1.20 bits per heavy atom. The van der Waals surface area contributed by atoms with E-state index in [4.69, 9.17) is 0 Å². The lowest BCUT2D eigenvalue weighted by Gasteiger charge is -2.08. The molecule has 0 atom stereocenters. The van der Waals surface area contributed by atoms with E-state index < -0.39 is 11.7 Å². The fraction of sp³-hybridized carbons (Fsp3) is 0.188. The Morgan fingerprint density at radius 3 is 2.76 bits per heavy atom. The number of pyridine rings is 1. The van der Waals surface area contributed by atoms with Gasteiger partial charge in [-0.3, -0.25) is 9.78 Å². The molecule has 0 bridgehead atoms. The van der Waals surface area contributed by atoms with Gasteiger partial charge in [0.05, 0.1) is 17.5 Å². The fourth-order valence-electron chi connectivity index (χ4n) is 2.11. The van der Waals surface area contributed by atoms with E-state index in [-0.39, 0.29) is 5.56 Å². The molecule has 25 heavy (non-hydrogen) atoms. The topological polar surface area (TPSA) is 97.6 Å². The lowest BCUT2D eigenvalue weighted by molar-refractivity contribution is 0.0951. The summed E-state index contributed by atoms with van der Waals surface area (Å²) in [5, 5.41) is 18.0. The van der Waals surface area contributed by atoms with Crippen molar-refractivity contribution in [3.63, 3.8) is 0 Å². The molecule has 0 unspecified atom stereocenters. The maximum absolute atomic E-state index is 13.4. The van der Waals surface area contributed by atoms with Gasteiger partial charge in [-0.2, -0.15) is 5.10 Å². The van der Waals surface area contributed by atoms with Crippen molar-refractivity contribution in [2.24, 2.45) is 0 Å². The van der Waals surface area contributed by atoms with Gasteiger partial charge in [0, 0.05) is 25.5 Å². The van der Waals surface area contributed by atoms with Crippen molar-refractivity contribution < 1.29 is 9.18 Å². The number of nitrogens with zero attached hydrogens (tertiary/aromatic N) is 5. The molecule has 0 saturated heterocycles. The van der Waals surface area contributed by atoms with E-state index in [1.54, 1.807) is 23.0 Å². The number of carbonyl (C=O) groups is 1. The predicted molar refractivity (Wildman–Crippen MR) is 88.9 cm³/mol. The maximum Gasteiger partial charge on any atom is 0.254 e. The molecule has 0 aromatic carbocycles. The van der Waals surface area contributed by atoms with E-state index in [9.17, 15) is 9.18 Å². The van der Waals surface area contributed by atoms with Crippen molar-refractivity contribution in [2.75, 3.05) is 18.4 Å². The summed E-state index contributed by atoms with van der Waals surface area (Å²) in [7, 11) is 0. The maximum atomic E-state index is 13.4. The molecule has 0 aliphatic carbocycles. The van der Waals surface area contributed by atoms with Gasteiger partial charge in [0.2, 0.25) is 0 Å². The Balaban J connectivity index is 1.48. The summed E-state index contributed by atoms with van der Waals surface area (Å²) in [6, 6.07) is 6.76. The Hall–Kier alpha value is -3.36. The largest absolute Gasteiger partial charge is 0.367 e. The van der Waals surface area contributed by atoms with Crippen LogP contribution in [0.3, 0.4) is 0 Å². The third-order valence-corrected chi connectivity index (χ3v) is 3.34. The van der Waals surface area contributed by atoms with Crippen molar-refractivity contribution in [3.8, 4) is 5.82 Å². The fourth-order valence-corrected chi connectivity index (χ4v) is 2.11. The van der Waals surface area contributed by atoms with Gasteiger partial charge in [0.1, 0.15) is 5.82 Å². The Kier molecular flexibility index (Phi) is 4.93. The summed E-state index contributed by atoms with van der Waals surface area (Å²) in [5.74, 6) is 0.0394. The molecule has 128 valence electrons. The normalized spacial score (nSPS) is 10.5. The summed E-state index contributed by atoms with van der Waals surface area (Å²) in [6.07, 6.45) is 4.18. The van der Waals surface area contributed by atoms with Crippen molar-refractivity contribution in [1.82, 2.24) is 30.3 Å². The molecule has 8 nitrogen and oxygen atoms in total. The molecule has 0 spiro atoms. The summed E-state index contributed by atoms with van der Waals surface area (Å²) >= 11 is 0. The first-order valence-corrected chi connectivity index (χ1v) is 7.61. The minimum absolute atomic E-state index is 0.0336. The van der Waals surface area contributed by atoms with Crippen molar-refractivity contribution in [1.29, 1.82) is 0 Å². The van der Waals surface area contributed by atoms with Crippen LogP contribution >= 0.6 is 0 Å². The number of hydrogen-bond acceptors (Lipinski definition) is 6. The van der Waals surface area contributed by atoms with Crippen LogP contribution in [-0.4, -0.2) is 44.0 Å². The monoisotopic (exact) mass is 341 g/mol. The highest BCUT2D eigenvalue weighted by Gasteiger charge is 2.10. The number of nitrogens with one attached hydrogen (secondary N) is 2. The average molecular weight is 341 g/mol. The molecule has 0 aliphatic rings. The van der Waals surface area contributed by atoms with Crippen molar-refractivity contribution in [2.45, 2.75) is 6.92 Å². The first-order chi connectivity index (χ1) is 12.1. The summed E-state index contributed by atoms with van der Waals surface area (Å²) in [6.45, 7) is 2.63. The third-order valence-electron chi connectivity index (χ3n) is 3.34. The molecule has 3 heterocycles. The van der Waals surface area contributed by atoms with Gasteiger partial charge >= 0.3 is 0 Å². The molecule has 0 radical (unpaired) electrons. The number of aryl methyl sites for hydroxylation is 1. The highest BCUT2D eigenvalue weighted by Crippen LogP contribution is 2.06. The number of anilines is 1. The molecule has 9 heteroatoms. The zero-order valence-corrected chi connectivity index (χ0v) is 13.5. The minimum Gasteiger partial charge on any atom is -0.367 e. The first-order valence-electron chi connectivity index (χ1n) is 7.61. The van der Waals surface area contributed by atoms with E-state index in [0.29, 0.717) is 24.7 Å². The molecule has 0 fully saturated rings. The van der Waals surface area contributed by atoms with Crippen LogP contribution in [0.2, 0.25) is 0 Å². The Labute approximate surface area is 143 Å². The lowest BCUT2D eigenvalue weighted by Crippen LogP contribution is -2.29. The second-order valence-corrected chi connectivity index (χ2v) is 5.22. The second kappa shape index (κ2) is 7.47. The molecule has 1 amide bonds. The molecular weight excluding hydrogens is 325 g/mol. The number of amides is 1. The van der Waals surface area contributed by atoms with E-state index in [1.807, 2.05) is 13.0 Å². The molecule has 0 aliphatic heterocycles. The van der Waals surface area contributed by atoms with Gasteiger partial charge in [-0.15, -0.1) is 10.2 Å². The number of halogens is 1. The SMILES string of the molecule is Cc1ccn(-c2ccc(NCCNC(=O)c3ccncc3F)nn2)n1. The van der Waals surface area contributed by atoms with Crippen molar-refractivity contribution in [3.05, 3.63) is 59.9 Å². The highest BCUT2D eigenvalue weighted by molar-refractivity contribution is 5.94. The first kappa shape index (κ1) is 16.5. The minimum atomic E-state index is -0.650. The van der Waals surface area contributed by atoms with Crippen LogP contribution < -0.4 is 10.6 Å². The predicted octanol–water partition coefficient (Wildman–Crippen LogP) is 1.35. The molecular formula is C16H16FN7O. The average Bonchev–Trinajstić information content (AvgIpc) is 3.06. The molecule has 0 saturated carbocycles. The van der Waals surface area contributed by atoms with E-state index in [0.717, 1.165) is 11.9 Å². The van der Waals surface area contributed by atoms with Gasteiger partial charge in [-0.25, -0.2) is 9.07 Å². The van der Waals surface area contributed by atoms with Gasteiger partial charge in [0.25, 0.3) is 5.91 Å². The smallest absolute Gasteiger partial charge is 0.254 e. The van der Waals surface area contributed by atoms with Crippen LogP contribution in [0.4, 0.5) is 10.2 Å². The summed E-state index contributed by atoms with van der Waals surface area (Å²) in [4.78, 5) is 15.4. The number of carbonyl (C=O) groups excluding carboxylic acids is 1. The van der Waals surface area contributed by atoms with Crippen molar-refractivity contribution >= 4 is 11.7 Å². The highest BCUT2D eigenvalue weighted by atomic mass is 19.1. The summed E-state index contributed by atoms with van der Waals surface area (Å²) in [5.41, 5.74) is 0.860. The van der Waals surface area contributed by atoms with E-state index >= 15 is 0 Å².